The lowest BCUT2D eigenvalue weighted by atomic mass is 10.0. The molecule has 0 aliphatic carbocycles. The van der Waals surface area contributed by atoms with Crippen molar-refractivity contribution in [1.29, 1.82) is 0 Å². The molecule has 0 spiro atoms. The van der Waals surface area contributed by atoms with Crippen molar-refractivity contribution in [1.82, 2.24) is 0 Å². The third kappa shape index (κ3) is 4.21. The second kappa shape index (κ2) is 7.05. The first-order valence-corrected chi connectivity index (χ1v) is 7.92. The molecule has 0 radical (unpaired) electrons. The van der Waals surface area contributed by atoms with Crippen LogP contribution in [0, 0.1) is 6.92 Å². The van der Waals surface area contributed by atoms with Crippen molar-refractivity contribution in [3.63, 3.8) is 0 Å². The zero-order valence-electron chi connectivity index (χ0n) is 12.2. The van der Waals surface area contributed by atoms with Crippen molar-refractivity contribution in [2.24, 2.45) is 5.73 Å². The van der Waals surface area contributed by atoms with E-state index in [4.69, 9.17) is 5.73 Å². The molecule has 3 heteroatoms. The molecular weight excluding hydrogens is 240 g/mol. The Morgan fingerprint density at radius 3 is 2.50 bits per heavy atom. The van der Waals surface area contributed by atoms with Gasteiger partial charge in [0.1, 0.15) is 0 Å². The summed E-state index contributed by atoms with van der Waals surface area (Å²) in [4.78, 5) is 2.36. The fourth-order valence-corrected chi connectivity index (χ4v) is 2.91. The fourth-order valence-electron chi connectivity index (χ4n) is 2.20. The van der Waals surface area contributed by atoms with Gasteiger partial charge in [0.2, 0.25) is 0 Å². The smallest absolute Gasteiger partial charge is 0.0396 e. The molecule has 1 aromatic rings. The van der Waals surface area contributed by atoms with E-state index in [1.807, 2.05) is 11.8 Å². The van der Waals surface area contributed by atoms with E-state index in [-0.39, 0.29) is 6.04 Å². The highest BCUT2D eigenvalue weighted by molar-refractivity contribution is 7.98. The molecule has 2 nitrogen and oxygen atoms in total. The molecule has 0 fully saturated rings. The Balaban J connectivity index is 2.84. The standard InChI is InChI=1S/C15H26N2S/c1-11-8-14(9-12(2)16)6-7-15(11)17(4)13(3)10-18-5/h6-8,12-13H,9-10,16H2,1-5H3. The van der Waals surface area contributed by atoms with Gasteiger partial charge in [-0.15, -0.1) is 0 Å². The summed E-state index contributed by atoms with van der Waals surface area (Å²) < 4.78 is 0. The Labute approximate surface area is 116 Å². The number of thioether (sulfide) groups is 1. The number of aryl methyl sites for hydroxylation is 1. The Kier molecular flexibility index (Phi) is 6.03. The van der Waals surface area contributed by atoms with E-state index < -0.39 is 0 Å². The van der Waals surface area contributed by atoms with E-state index in [2.05, 4.69) is 57.2 Å². The quantitative estimate of drug-likeness (QED) is 0.858. The predicted molar refractivity (Wildman–Crippen MR) is 84.8 cm³/mol. The molecule has 2 atom stereocenters. The van der Waals surface area contributed by atoms with Crippen molar-refractivity contribution < 1.29 is 0 Å². The molecular formula is C15H26N2S. The highest BCUT2D eigenvalue weighted by atomic mass is 32.2. The van der Waals surface area contributed by atoms with Crippen LogP contribution in [0.2, 0.25) is 0 Å². The van der Waals surface area contributed by atoms with E-state index in [1.165, 1.54) is 16.8 Å². The molecule has 2 N–H and O–H groups in total. The van der Waals surface area contributed by atoms with Crippen molar-refractivity contribution in [2.45, 2.75) is 39.3 Å². The van der Waals surface area contributed by atoms with Gasteiger partial charge in [-0.25, -0.2) is 0 Å². The highest BCUT2D eigenvalue weighted by Crippen LogP contribution is 2.23. The van der Waals surface area contributed by atoms with Gasteiger partial charge in [0.05, 0.1) is 0 Å². The minimum Gasteiger partial charge on any atom is -0.371 e. The molecule has 0 heterocycles. The maximum absolute atomic E-state index is 5.85. The number of rotatable bonds is 6. The van der Waals surface area contributed by atoms with E-state index in [1.54, 1.807) is 0 Å². The normalized spacial score (nSPS) is 14.3. The summed E-state index contributed by atoms with van der Waals surface area (Å²) in [5.74, 6) is 1.15. The predicted octanol–water partition coefficient (Wildman–Crippen LogP) is 3.07. The van der Waals surface area contributed by atoms with E-state index in [0.29, 0.717) is 6.04 Å². The number of hydrogen-bond donors (Lipinski definition) is 1. The maximum atomic E-state index is 5.85. The molecule has 18 heavy (non-hydrogen) atoms. The average molecular weight is 266 g/mol. The van der Waals surface area contributed by atoms with Crippen LogP contribution in [0.15, 0.2) is 18.2 Å². The fraction of sp³-hybridized carbons (Fsp3) is 0.600. The lowest BCUT2D eigenvalue weighted by molar-refractivity contribution is 0.735. The summed E-state index contributed by atoms with van der Waals surface area (Å²) in [6.45, 7) is 6.50. The van der Waals surface area contributed by atoms with Gasteiger partial charge in [0.15, 0.2) is 0 Å². The van der Waals surface area contributed by atoms with Gasteiger partial charge in [0.25, 0.3) is 0 Å². The number of hydrogen-bond acceptors (Lipinski definition) is 3. The lowest BCUT2D eigenvalue weighted by Gasteiger charge is -2.28. The first-order chi connectivity index (χ1) is 8.45. The van der Waals surface area contributed by atoms with Crippen LogP contribution in [-0.2, 0) is 6.42 Å². The van der Waals surface area contributed by atoms with Crippen molar-refractivity contribution in [3.8, 4) is 0 Å². The van der Waals surface area contributed by atoms with Gasteiger partial charge >= 0.3 is 0 Å². The van der Waals surface area contributed by atoms with Crippen LogP contribution in [-0.4, -0.2) is 31.1 Å². The van der Waals surface area contributed by atoms with Gasteiger partial charge in [-0.2, -0.15) is 11.8 Å². The van der Waals surface area contributed by atoms with Crippen molar-refractivity contribution in [2.75, 3.05) is 24.0 Å². The summed E-state index contributed by atoms with van der Waals surface area (Å²) in [6.07, 6.45) is 3.11. The maximum Gasteiger partial charge on any atom is 0.0396 e. The SMILES string of the molecule is CSCC(C)N(C)c1ccc(CC(C)N)cc1C. The summed E-state index contributed by atoms with van der Waals surface area (Å²) in [6, 6.07) is 7.47. The molecule has 0 bridgehead atoms. The summed E-state index contributed by atoms with van der Waals surface area (Å²) in [7, 11) is 2.18. The third-order valence-corrected chi connectivity index (χ3v) is 4.08. The third-order valence-electron chi connectivity index (χ3n) is 3.27. The zero-order valence-corrected chi connectivity index (χ0v) is 13.1. The molecule has 0 aromatic heterocycles. The van der Waals surface area contributed by atoms with Crippen LogP contribution in [0.1, 0.15) is 25.0 Å². The van der Waals surface area contributed by atoms with E-state index >= 15 is 0 Å². The monoisotopic (exact) mass is 266 g/mol. The lowest BCUT2D eigenvalue weighted by Crippen LogP contribution is -2.31. The van der Waals surface area contributed by atoms with Crippen molar-refractivity contribution >= 4 is 17.4 Å². The topological polar surface area (TPSA) is 29.3 Å². The first kappa shape index (κ1) is 15.4. The summed E-state index contributed by atoms with van der Waals surface area (Å²) >= 11 is 1.89. The molecule has 0 amide bonds. The highest BCUT2D eigenvalue weighted by Gasteiger charge is 2.12. The summed E-state index contributed by atoms with van der Waals surface area (Å²) in [5, 5.41) is 0. The Morgan fingerprint density at radius 2 is 2.00 bits per heavy atom. The Hall–Kier alpha value is -0.670. The van der Waals surface area contributed by atoms with Crippen LogP contribution in [0.4, 0.5) is 5.69 Å². The Morgan fingerprint density at radius 1 is 1.33 bits per heavy atom. The number of anilines is 1. The van der Waals surface area contributed by atoms with Gasteiger partial charge < -0.3 is 10.6 Å². The number of benzene rings is 1. The molecule has 0 aliphatic rings. The molecule has 2 unspecified atom stereocenters. The second-order valence-electron chi connectivity index (χ2n) is 5.22. The van der Waals surface area contributed by atoms with Crippen LogP contribution < -0.4 is 10.6 Å². The summed E-state index contributed by atoms with van der Waals surface area (Å²) in [5.41, 5.74) is 9.84. The van der Waals surface area contributed by atoms with Gasteiger partial charge in [-0.3, -0.25) is 0 Å². The number of nitrogens with two attached hydrogens (primary N) is 1. The molecule has 0 aliphatic heterocycles. The van der Waals surface area contributed by atoms with E-state index in [0.717, 1.165) is 12.2 Å². The molecule has 1 rings (SSSR count). The molecule has 0 saturated heterocycles. The minimum atomic E-state index is 0.225. The Bertz CT molecular complexity index is 377. The van der Waals surface area contributed by atoms with Gasteiger partial charge in [0, 0.05) is 30.6 Å². The first-order valence-electron chi connectivity index (χ1n) is 6.52. The van der Waals surface area contributed by atoms with Crippen LogP contribution in [0.25, 0.3) is 0 Å². The van der Waals surface area contributed by atoms with E-state index in [9.17, 15) is 0 Å². The van der Waals surface area contributed by atoms with Crippen LogP contribution in [0.3, 0.4) is 0 Å². The van der Waals surface area contributed by atoms with Crippen LogP contribution >= 0.6 is 11.8 Å². The molecule has 102 valence electrons. The zero-order chi connectivity index (χ0) is 13.7. The van der Waals surface area contributed by atoms with Crippen molar-refractivity contribution in [3.05, 3.63) is 29.3 Å². The van der Waals surface area contributed by atoms with Crippen LogP contribution in [0.5, 0.6) is 0 Å². The second-order valence-corrected chi connectivity index (χ2v) is 6.13. The minimum absolute atomic E-state index is 0.225. The largest absolute Gasteiger partial charge is 0.371 e. The van der Waals surface area contributed by atoms with Gasteiger partial charge in [-0.05, 0) is 50.6 Å². The molecule has 0 saturated carbocycles. The van der Waals surface area contributed by atoms with Gasteiger partial charge in [-0.1, -0.05) is 12.1 Å². The average Bonchev–Trinajstić information content (AvgIpc) is 2.28. The molecule has 1 aromatic carbocycles. The number of nitrogens with zero attached hydrogens (tertiary/aromatic N) is 1.